The van der Waals surface area contributed by atoms with Gasteiger partial charge in [-0.15, -0.1) is 0 Å². The highest BCUT2D eigenvalue weighted by molar-refractivity contribution is 6.52. The number of aliphatic hydroxyl groups excluding tert-OH is 1. The molecule has 0 fully saturated rings. The van der Waals surface area contributed by atoms with Crippen molar-refractivity contribution in [3.8, 4) is 17.2 Å². The lowest BCUT2D eigenvalue weighted by Gasteiger charge is -2.27. The number of ether oxygens (including phenoxy) is 1. The van der Waals surface area contributed by atoms with Gasteiger partial charge in [0.1, 0.15) is 11.5 Å². The number of methoxy groups -OCH3 is 1. The van der Waals surface area contributed by atoms with Gasteiger partial charge in [0, 0.05) is 16.7 Å². The molecule has 9 nitrogen and oxygen atoms in total. The number of hydrogen-bond acceptors (Lipinski definition) is 8. The highest BCUT2D eigenvalue weighted by Gasteiger charge is 2.52. The van der Waals surface area contributed by atoms with Crippen molar-refractivity contribution in [2.45, 2.75) is 25.4 Å². The summed E-state index contributed by atoms with van der Waals surface area (Å²) >= 11 is 0. The molecule has 1 aliphatic heterocycles. The molecule has 0 unspecified atom stereocenters. The van der Waals surface area contributed by atoms with E-state index in [2.05, 4.69) is 5.32 Å². The van der Waals surface area contributed by atoms with Gasteiger partial charge in [-0.05, 0) is 24.6 Å². The van der Waals surface area contributed by atoms with E-state index in [4.69, 9.17) is 4.74 Å². The van der Waals surface area contributed by atoms with Crippen molar-refractivity contribution in [2.75, 3.05) is 12.4 Å². The Hall–Kier alpha value is -3.85. The van der Waals surface area contributed by atoms with Crippen LogP contribution in [0.1, 0.15) is 46.8 Å². The highest BCUT2D eigenvalue weighted by Crippen LogP contribution is 2.52. The first-order valence-electron chi connectivity index (χ1n) is 9.50. The summed E-state index contributed by atoms with van der Waals surface area (Å²) in [5, 5.41) is 45.7. The molecule has 5 N–H and O–H groups in total. The van der Waals surface area contributed by atoms with Crippen LogP contribution in [0.2, 0.25) is 0 Å². The number of amides is 1. The number of aliphatic hydroxyl groups is 2. The fourth-order valence-corrected chi connectivity index (χ4v) is 4.14. The predicted octanol–water partition coefficient (Wildman–Crippen LogP) is 2.13. The van der Waals surface area contributed by atoms with Crippen LogP contribution < -0.4 is 10.1 Å². The normalized spacial score (nSPS) is 19.9. The maximum absolute atomic E-state index is 12.8. The zero-order valence-electron chi connectivity index (χ0n) is 16.6. The largest absolute Gasteiger partial charge is 0.507 e. The summed E-state index contributed by atoms with van der Waals surface area (Å²) in [6, 6.07) is 5.11. The number of ketones is 2. The maximum atomic E-state index is 12.8. The molecular formula is C22H19NO8. The average molecular weight is 425 g/mol. The van der Waals surface area contributed by atoms with Gasteiger partial charge in [-0.1, -0.05) is 19.4 Å². The second-order valence-corrected chi connectivity index (χ2v) is 7.33. The molecule has 160 valence electrons. The third-order valence-corrected chi connectivity index (χ3v) is 5.58. The van der Waals surface area contributed by atoms with Crippen LogP contribution in [0.3, 0.4) is 0 Å². The topological polar surface area (TPSA) is 153 Å². The number of phenols is 2. The minimum absolute atomic E-state index is 0.106. The Morgan fingerprint density at radius 1 is 1.10 bits per heavy atom. The quantitative estimate of drug-likeness (QED) is 0.467. The Balaban J connectivity index is 2.07. The third kappa shape index (κ3) is 2.56. The van der Waals surface area contributed by atoms with Crippen molar-refractivity contribution in [1.29, 1.82) is 0 Å². The Bertz CT molecular complexity index is 1210. The Morgan fingerprint density at radius 2 is 1.81 bits per heavy atom. The molecule has 0 bridgehead atoms. The second-order valence-electron chi connectivity index (χ2n) is 7.33. The van der Waals surface area contributed by atoms with E-state index in [9.17, 15) is 34.8 Å². The van der Waals surface area contributed by atoms with E-state index in [1.807, 2.05) is 0 Å². The molecule has 0 saturated heterocycles. The van der Waals surface area contributed by atoms with Crippen LogP contribution in [0.4, 0.5) is 5.69 Å². The number of aromatic hydroxyl groups is 2. The fourth-order valence-electron chi connectivity index (χ4n) is 4.14. The first-order valence-corrected chi connectivity index (χ1v) is 9.50. The monoisotopic (exact) mass is 425 g/mol. The fraction of sp³-hybridized carbons (Fsp3) is 0.227. The molecule has 31 heavy (non-hydrogen) atoms. The summed E-state index contributed by atoms with van der Waals surface area (Å²) < 4.78 is 5.21. The Labute approximate surface area is 176 Å². The number of carbonyl (C=O) groups is 3. The number of carbonyl (C=O) groups excluding carboxylic acids is 3. The van der Waals surface area contributed by atoms with Crippen molar-refractivity contribution in [3.05, 3.63) is 52.1 Å². The van der Waals surface area contributed by atoms with Crippen LogP contribution in [0.5, 0.6) is 17.2 Å². The molecule has 1 aliphatic carbocycles. The molecule has 2 aliphatic rings. The molecule has 4 rings (SSSR count). The number of anilines is 1. The first-order chi connectivity index (χ1) is 14.7. The Morgan fingerprint density at radius 3 is 2.45 bits per heavy atom. The number of hydrogen-bond donors (Lipinski definition) is 5. The molecular weight excluding hydrogens is 406 g/mol. The summed E-state index contributed by atoms with van der Waals surface area (Å²) in [5.41, 5.74) is -3.82. The van der Waals surface area contributed by atoms with Crippen molar-refractivity contribution < 1.29 is 39.5 Å². The van der Waals surface area contributed by atoms with E-state index in [1.54, 1.807) is 6.92 Å². The summed E-state index contributed by atoms with van der Waals surface area (Å²) in [4.78, 5) is 38.1. The van der Waals surface area contributed by atoms with Crippen LogP contribution in [0.15, 0.2) is 29.8 Å². The van der Waals surface area contributed by atoms with Crippen molar-refractivity contribution in [2.24, 2.45) is 0 Å². The van der Waals surface area contributed by atoms with E-state index in [1.165, 1.54) is 18.2 Å². The molecule has 0 saturated carbocycles. The van der Waals surface area contributed by atoms with Gasteiger partial charge in [0.05, 0.1) is 23.9 Å². The zero-order chi connectivity index (χ0) is 22.7. The van der Waals surface area contributed by atoms with E-state index >= 15 is 0 Å². The van der Waals surface area contributed by atoms with Gasteiger partial charge in [0.25, 0.3) is 5.91 Å². The van der Waals surface area contributed by atoms with Gasteiger partial charge >= 0.3 is 0 Å². The maximum Gasteiger partial charge on any atom is 0.266 e. The number of Topliss-reactive ketones (excluding diaryl/α,β-unsaturated/α-hetero) is 2. The molecule has 0 radical (unpaired) electrons. The third-order valence-electron chi connectivity index (χ3n) is 5.58. The number of allylic oxidation sites excluding steroid dienone is 1. The predicted molar refractivity (Wildman–Crippen MR) is 108 cm³/mol. The van der Waals surface area contributed by atoms with Crippen LogP contribution >= 0.6 is 0 Å². The molecule has 1 amide bonds. The highest BCUT2D eigenvalue weighted by atomic mass is 16.5. The van der Waals surface area contributed by atoms with Crippen molar-refractivity contribution in [1.82, 2.24) is 0 Å². The van der Waals surface area contributed by atoms with Crippen LogP contribution in [0, 0.1) is 0 Å². The molecule has 2 aromatic carbocycles. The van der Waals surface area contributed by atoms with Gasteiger partial charge in [-0.3, -0.25) is 14.4 Å². The summed E-state index contributed by atoms with van der Waals surface area (Å²) in [6.45, 7) is 1.77. The summed E-state index contributed by atoms with van der Waals surface area (Å²) in [7, 11) is 1.16. The zero-order valence-corrected chi connectivity index (χ0v) is 16.6. The van der Waals surface area contributed by atoms with Gasteiger partial charge in [0.15, 0.2) is 11.5 Å². The van der Waals surface area contributed by atoms with Crippen LogP contribution in [0.25, 0.3) is 5.76 Å². The minimum atomic E-state index is -2.58. The summed E-state index contributed by atoms with van der Waals surface area (Å²) in [6.07, 6.45) is 0.616. The molecule has 1 heterocycles. The SMILES string of the molecule is CCCC1=C(O)c2c(cc([C@]3(O)C(=O)Nc4cccc(O)c43)c(O)c2OC)C(=O)C1=O. The minimum Gasteiger partial charge on any atom is -0.507 e. The lowest BCUT2D eigenvalue weighted by atomic mass is 9.80. The first kappa shape index (κ1) is 20.4. The number of rotatable bonds is 4. The van der Waals surface area contributed by atoms with E-state index in [0.717, 1.165) is 13.2 Å². The number of nitrogens with one attached hydrogen (secondary N) is 1. The standard InChI is InChI=1S/C22H19NO8/c1-3-5-9-16(25)14-10(18(27)17(9)26)8-11(19(28)20(14)31-2)22(30)15-12(23-21(22)29)6-4-7-13(15)24/h4,6-8,24-25,28,30H,3,5H2,1-2H3,(H,23,29)/t22-/m1/s1. The summed E-state index contributed by atoms with van der Waals surface area (Å²) in [5.74, 6) is -4.92. The molecule has 2 aromatic rings. The molecule has 0 spiro atoms. The van der Waals surface area contributed by atoms with Crippen LogP contribution in [-0.4, -0.2) is 45.0 Å². The van der Waals surface area contributed by atoms with Crippen molar-refractivity contribution >= 4 is 28.9 Å². The average Bonchev–Trinajstić information content (AvgIpc) is 3.00. The number of phenolic OH excluding ortho intramolecular Hbond substituents is 2. The van der Waals surface area contributed by atoms with E-state index in [0.29, 0.717) is 6.42 Å². The number of fused-ring (bicyclic) bond motifs is 2. The van der Waals surface area contributed by atoms with Gasteiger partial charge in [-0.25, -0.2) is 0 Å². The van der Waals surface area contributed by atoms with Gasteiger partial charge in [-0.2, -0.15) is 0 Å². The number of benzene rings is 2. The molecule has 1 atom stereocenters. The molecule has 9 heteroatoms. The van der Waals surface area contributed by atoms with E-state index < -0.39 is 45.9 Å². The Kier molecular flexibility index (Phi) is 4.51. The van der Waals surface area contributed by atoms with Crippen LogP contribution in [-0.2, 0) is 15.2 Å². The lowest BCUT2D eigenvalue weighted by Crippen LogP contribution is -2.36. The molecule has 0 aromatic heterocycles. The van der Waals surface area contributed by atoms with Crippen molar-refractivity contribution in [3.63, 3.8) is 0 Å². The second kappa shape index (κ2) is 6.85. The van der Waals surface area contributed by atoms with Gasteiger partial charge < -0.3 is 30.5 Å². The smallest absolute Gasteiger partial charge is 0.266 e. The van der Waals surface area contributed by atoms with Gasteiger partial charge in [0.2, 0.25) is 17.2 Å². The lowest BCUT2D eigenvalue weighted by molar-refractivity contribution is -0.130. The van der Waals surface area contributed by atoms with E-state index in [-0.39, 0.29) is 40.1 Å².